The molecule has 3 aromatic heterocycles. The minimum absolute atomic E-state index is 0.819. The highest BCUT2D eigenvalue weighted by molar-refractivity contribution is 6.29. The topological polar surface area (TPSA) is 17.3 Å². The number of hydrogen-bond acceptors (Lipinski definition) is 1. The van der Waals surface area contributed by atoms with Gasteiger partial charge in [0.05, 0.1) is 22.1 Å². The lowest BCUT2D eigenvalue weighted by Gasteiger charge is -2.17. The molecule has 3 aromatic carbocycles. The van der Waals surface area contributed by atoms with E-state index in [1.165, 1.54) is 97.8 Å². The second-order valence-electron chi connectivity index (χ2n) is 10.2. The van der Waals surface area contributed by atoms with Crippen LogP contribution in [-0.2, 0) is 6.42 Å². The molecule has 32 heavy (non-hydrogen) atoms. The van der Waals surface area contributed by atoms with Crippen LogP contribution >= 0.6 is 0 Å². The molecular weight excluding hydrogens is 388 g/mol. The maximum Gasteiger partial charge on any atom is 0.0822 e. The molecule has 0 amide bonds. The van der Waals surface area contributed by atoms with Crippen molar-refractivity contribution >= 4 is 49.0 Å². The van der Waals surface area contributed by atoms with Crippen LogP contribution in [0.1, 0.15) is 47.9 Å². The highest BCUT2D eigenvalue weighted by Crippen LogP contribution is 2.44. The van der Waals surface area contributed by atoms with E-state index in [0.717, 1.165) is 11.4 Å². The lowest BCUT2D eigenvalue weighted by atomic mass is 9.91. The molecule has 1 fully saturated rings. The molecule has 1 saturated carbocycles. The summed E-state index contributed by atoms with van der Waals surface area (Å²) >= 11 is 0. The highest BCUT2D eigenvalue weighted by atomic mass is 14.9. The van der Waals surface area contributed by atoms with Crippen LogP contribution in [-0.4, -0.2) is 9.38 Å². The van der Waals surface area contributed by atoms with Crippen LogP contribution in [0.15, 0.2) is 48.7 Å². The van der Waals surface area contributed by atoms with Crippen molar-refractivity contribution in [2.75, 3.05) is 0 Å². The fourth-order valence-electron chi connectivity index (χ4n) is 6.73. The number of rotatable bonds is 2. The van der Waals surface area contributed by atoms with Gasteiger partial charge < -0.3 is 4.40 Å². The summed E-state index contributed by atoms with van der Waals surface area (Å²) in [5, 5.41) is 6.79. The molecule has 1 aliphatic carbocycles. The van der Waals surface area contributed by atoms with Crippen LogP contribution in [0.5, 0.6) is 0 Å². The third-order valence-electron chi connectivity index (χ3n) is 7.97. The van der Waals surface area contributed by atoms with Gasteiger partial charge in [0.25, 0.3) is 0 Å². The van der Waals surface area contributed by atoms with Gasteiger partial charge in [0.1, 0.15) is 0 Å². The predicted octanol–water partition coefficient (Wildman–Crippen LogP) is 8.04. The Bertz CT molecular complexity index is 1680. The van der Waals surface area contributed by atoms with Crippen LogP contribution in [0, 0.1) is 26.7 Å². The van der Waals surface area contributed by atoms with Gasteiger partial charge in [-0.3, -0.25) is 4.98 Å². The first-order valence-electron chi connectivity index (χ1n) is 12.1. The first-order valence-corrected chi connectivity index (χ1v) is 12.1. The van der Waals surface area contributed by atoms with Gasteiger partial charge in [-0.05, 0) is 67.3 Å². The van der Waals surface area contributed by atoms with E-state index in [1.54, 1.807) is 0 Å². The number of nitrogens with zero attached hydrogens (tertiary/aromatic N) is 2. The molecule has 3 heterocycles. The Labute approximate surface area is 188 Å². The van der Waals surface area contributed by atoms with Gasteiger partial charge in [0.2, 0.25) is 0 Å². The first kappa shape index (κ1) is 18.4. The quantitative estimate of drug-likeness (QED) is 0.206. The summed E-state index contributed by atoms with van der Waals surface area (Å²) in [5.74, 6) is 0.819. The van der Waals surface area contributed by atoms with Crippen LogP contribution in [0.3, 0.4) is 0 Å². The summed E-state index contributed by atoms with van der Waals surface area (Å²) in [4.78, 5) is 4.96. The largest absolute Gasteiger partial charge is 0.307 e. The zero-order chi connectivity index (χ0) is 21.6. The third kappa shape index (κ3) is 2.33. The van der Waals surface area contributed by atoms with E-state index in [1.807, 2.05) is 6.20 Å². The minimum Gasteiger partial charge on any atom is -0.307 e. The summed E-state index contributed by atoms with van der Waals surface area (Å²) < 4.78 is 2.58. The first-order chi connectivity index (χ1) is 15.6. The van der Waals surface area contributed by atoms with E-state index in [0.29, 0.717) is 0 Å². The zero-order valence-corrected chi connectivity index (χ0v) is 19.1. The van der Waals surface area contributed by atoms with Gasteiger partial charge in [0.15, 0.2) is 0 Å². The Balaban J connectivity index is 1.80. The molecule has 0 radical (unpaired) electrons. The maximum absolute atomic E-state index is 4.96. The minimum atomic E-state index is 0.819. The van der Waals surface area contributed by atoms with Crippen molar-refractivity contribution in [1.29, 1.82) is 0 Å². The molecule has 0 saturated heterocycles. The molecule has 1 aliphatic rings. The van der Waals surface area contributed by atoms with E-state index in [-0.39, 0.29) is 0 Å². The van der Waals surface area contributed by atoms with Gasteiger partial charge in [-0.25, -0.2) is 0 Å². The standard InChI is InChI=1S/C30H28N2/c1-17-13-19(3)29-24(14-17)27-26-21(11-12-31-27)16-22(15-20-8-4-5-9-20)25-23-10-6-7-18(2)28(23)32(29)30(25)26/h6-7,10-14,16,20H,4-5,8-9,15H2,1-3H3. The number of benzene rings is 3. The molecule has 0 atom stereocenters. The second-order valence-corrected chi connectivity index (χ2v) is 10.2. The molecule has 2 heteroatoms. The van der Waals surface area contributed by atoms with Crippen molar-refractivity contribution in [3.05, 3.63) is 70.9 Å². The average molecular weight is 417 g/mol. The average Bonchev–Trinajstić information content (AvgIpc) is 3.40. The second kappa shape index (κ2) is 6.45. The van der Waals surface area contributed by atoms with Crippen LogP contribution in [0.25, 0.3) is 49.0 Å². The molecule has 0 aliphatic heterocycles. The summed E-state index contributed by atoms with van der Waals surface area (Å²) in [7, 11) is 0. The Morgan fingerprint density at radius 3 is 2.50 bits per heavy atom. The Morgan fingerprint density at radius 1 is 0.844 bits per heavy atom. The monoisotopic (exact) mass is 416 g/mol. The van der Waals surface area contributed by atoms with Gasteiger partial charge in [0, 0.05) is 27.7 Å². The number of pyridine rings is 2. The van der Waals surface area contributed by atoms with Crippen molar-refractivity contribution in [1.82, 2.24) is 9.38 Å². The summed E-state index contributed by atoms with van der Waals surface area (Å²) in [6.07, 6.45) is 8.73. The van der Waals surface area contributed by atoms with Crippen molar-refractivity contribution in [2.45, 2.75) is 52.9 Å². The zero-order valence-electron chi connectivity index (χ0n) is 19.1. The maximum atomic E-state index is 4.96. The van der Waals surface area contributed by atoms with Crippen molar-refractivity contribution in [3.8, 4) is 0 Å². The lowest BCUT2D eigenvalue weighted by Crippen LogP contribution is -2.01. The predicted molar refractivity (Wildman–Crippen MR) is 136 cm³/mol. The molecule has 158 valence electrons. The van der Waals surface area contributed by atoms with Crippen molar-refractivity contribution in [3.63, 3.8) is 0 Å². The molecule has 6 aromatic rings. The fraction of sp³-hybridized carbons (Fsp3) is 0.300. The molecule has 0 N–H and O–H groups in total. The number of fused-ring (bicyclic) bond motifs is 6. The Kier molecular flexibility index (Phi) is 3.72. The smallest absolute Gasteiger partial charge is 0.0822 e. The number of aryl methyl sites for hydroxylation is 3. The third-order valence-corrected chi connectivity index (χ3v) is 7.97. The molecular formula is C30H28N2. The van der Waals surface area contributed by atoms with Gasteiger partial charge in [-0.2, -0.15) is 0 Å². The highest BCUT2D eigenvalue weighted by Gasteiger charge is 2.25. The Hall–Kier alpha value is -3.13. The van der Waals surface area contributed by atoms with E-state index < -0.39 is 0 Å². The van der Waals surface area contributed by atoms with Crippen LogP contribution in [0.4, 0.5) is 0 Å². The summed E-state index contributed by atoms with van der Waals surface area (Å²) in [5.41, 5.74) is 10.7. The van der Waals surface area contributed by atoms with Gasteiger partial charge >= 0.3 is 0 Å². The molecule has 0 bridgehead atoms. The van der Waals surface area contributed by atoms with Gasteiger partial charge in [-0.15, -0.1) is 0 Å². The van der Waals surface area contributed by atoms with E-state index in [4.69, 9.17) is 4.98 Å². The molecule has 0 spiro atoms. The van der Waals surface area contributed by atoms with Crippen LogP contribution in [0.2, 0.25) is 0 Å². The van der Waals surface area contributed by atoms with E-state index in [2.05, 4.69) is 67.6 Å². The number of para-hydroxylation sites is 1. The van der Waals surface area contributed by atoms with E-state index in [9.17, 15) is 0 Å². The van der Waals surface area contributed by atoms with Gasteiger partial charge in [-0.1, -0.05) is 61.6 Å². The Morgan fingerprint density at radius 2 is 1.66 bits per heavy atom. The molecule has 2 nitrogen and oxygen atoms in total. The van der Waals surface area contributed by atoms with Crippen molar-refractivity contribution in [2.24, 2.45) is 5.92 Å². The van der Waals surface area contributed by atoms with Crippen molar-refractivity contribution < 1.29 is 0 Å². The normalized spacial score (nSPS) is 15.5. The lowest BCUT2D eigenvalue weighted by molar-refractivity contribution is 0.549. The fourth-order valence-corrected chi connectivity index (χ4v) is 6.73. The number of aromatic nitrogens is 2. The van der Waals surface area contributed by atoms with Crippen LogP contribution < -0.4 is 0 Å². The SMILES string of the molecule is Cc1cc(C)c2c(c1)c1nccc3cc(CC4CCCC4)c4c5cccc(C)c5n2c4c31. The van der Waals surface area contributed by atoms with E-state index >= 15 is 0 Å². The summed E-state index contributed by atoms with van der Waals surface area (Å²) in [6.45, 7) is 6.72. The number of hydrogen-bond donors (Lipinski definition) is 0. The molecule has 7 rings (SSSR count). The summed E-state index contributed by atoms with van der Waals surface area (Å²) in [6, 6.07) is 16.2. The molecule has 0 unspecified atom stereocenters.